The van der Waals surface area contributed by atoms with Crippen LogP contribution in [0.1, 0.15) is 0 Å². The van der Waals surface area contributed by atoms with Gasteiger partial charge in [0.05, 0.1) is 5.69 Å². The van der Waals surface area contributed by atoms with E-state index >= 15 is 0 Å². The molecule has 0 aliphatic heterocycles. The molecule has 0 atom stereocenters. The van der Waals surface area contributed by atoms with Crippen LogP contribution in [-0.2, 0) is 0 Å². The number of aromatic nitrogens is 4. The first-order chi connectivity index (χ1) is 23.2. The molecule has 4 nitrogen and oxygen atoms in total. The van der Waals surface area contributed by atoms with E-state index in [4.69, 9.17) is 16.6 Å². The first kappa shape index (κ1) is 28.5. The molecular weight excluding hydrogens is 596 g/mol. The predicted octanol–water partition coefficient (Wildman–Crippen LogP) is 11.1. The number of nitrogens with zero attached hydrogens (tertiary/aromatic N) is 4. The average Bonchev–Trinajstić information content (AvgIpc) is 3.15. The predicted molar refractivity (Wildman–Crippen MR) is 193 cm³/mol. The van der Waals surface area contributed by atoms with E-state index in [-0.39, 0.29) is 5.28 Å². The standard InChI is InChI=1S/C42H27ClN4/c43-42-46-40(45-41(47-42)32-24-20-30(21-25-32)36-16-8-10-29-9-1-2-13-35(29)36)31-22-18-28(19-23-31)33-11-7-12-34(27-33)37-14-3-4-15-38(37)39-17-5-6-26-44-39/h1-27H. The summed E-state index contributed by atoms with van der Waals surface area (Å²) in [5.41, 5.74) is 10.6. The Morgan fingerprint density at radius 1 is 0.383 bits per heavy atom. The van der Waals surface area contributed by atoms with Gasteiger partial charge in [-0.05, 0) is 74.0 Å². The molecule has 0 radical (unpaired) electrons. The maximum Gasteiger partial charge on any atom is 0.226 e. The number of hydrogen-bond acceptors (Lipinski definition) is 4. The van der Waals surface area contributed by atoms with E-state index in [1.807, 2.05) is 48.7 Å². The van der Waals surface area contributed by atoms with Crippen LogP contribution >= 0.6 is 11.6 Å². The summed E-state index contributed by atoms with van der Waals surface area (Å²) in [6, 6.07) is 54.3. The van der Waals surface area contributed by atoms with Crippen LogP contribution < -0.4 is 0 Å². The summed E-state index contributed by atoms with van der Waals surface area (Å²) < 4.78 is 0. The highest BCUT2D eigenvalue weighted by Crippen LogP contribution is 2.34. The average molecular weight is 623 g/mol. The van der Waals surface area contributed by atoms with E-state index in [0.717, 1.165) is 50.2 Å². The van der Waals surface area contributed by atoms with Crippen molar-refractivity contribution in [1.82, 2.24) is 19.9 Å². The minimum absolute atomic E-state index is 0.159. The van der Waals surface area contributed by atoms with Gasteiger partial charge in [-0.1, -0.05) is 140 Å². The van der Waals surface area contributed by atoms with Gasteiger partial charge in [0.1, 0.15) is 0 Å². The molecule has 0 saturated carbocycles. The molecule has 0 unspecified atom stereocenters. The second-order valence-corrected chi connectivity index (χ2v) is 11.6. The molecular formula is C42H27ClN4. The molecule has 2 aromatic heterocycles. The summed E-state index contributed by atoms with van der Waals surface area (Å²) in [7, 11) is 0. The molecule has 8 rings (SSSR count). The molecule has 5 heteroatoms. The molecule has 0 aliphatic carbocycles. The van der Waals surface area contributed by atoms with Crippen LogP contribution in [0.3, 0.4) is 0 Å². The fourth-order valence-electron chi connectivity index (χ4n) is 6.04. The van der Waals surface area contributed by atoms with Gasteiger partial charge in [0.2, 0.25) is 5.28 Å². The summed E-state index contributed by atoms with van der Waals surface area (Å²) in [5.74, 6) is 1.07. The topological polar surface area (TPSA) is 51.6 Å². The molecule has 0 saturated heterocycles. The van der Waals surface area contributed by atoms with E-state index in [1.165, 1.54) is 16.3 Å². The highest BCUT2D eigenvalue weighted by Gasteiger charge is 2.12. The number of hydrogen-bond donors (Lipinski definition) is 0. The Morgan fingerprint density at radius 2 is 0.957 bits per heavy atom. The van der Waals surface area contributed by atoms with Gasteiger partial charge in [0.15, 0.2) is 11.6 Å². The van der Waals surface area contributed by atoms with Crippen molar-refractivity contribution in [2.24, 2.45) is 0 Å². The van der Waals surface area contributed by atoms with Crippen molar-refractivity contribution in [1.29, 1.82) is 0 Å². The molecule has 6 aromatic carbocycles. The quantitative estimate of drug-likeness (QED) is 0.185. The molecule has 0 fully saturated rings. The minimum atomic E-state index is 0.159. The first-order valence-electron chi connectivity index (χ1n) is 15.4. The van der Waals surface area contributed by atoms with Crippen molar-refractivity contribution >= 4 is 22.4 Å². The Labute approximate surface area is 278 Å². The molecule has 47 heavy (non-hydrogen) atoms. The third-order valence-electron chi connectivity index (χ3n) is 8.37. The third-order valence-corrected chi connectivity index (χ3v) is 8.54. The van der Waals surface area contributed by atoms with Crippen molar-refractivity contribution in [2.75, 3.05) is 0 Å². The SMILES string of the molecule is Clc1nc(-c2ccc(-c3cccc(-c4ccccc4-c4ccccn4)c3)cc2)nc(-c2ccc(-c3cccc4ccccc34)cc2)n1. The molecule has 0 N–H and O–H groups in total. The summed E-state index contributed by atoms with van der Waals surface area (Å²) in [5, 5.41) is 2.59. The number of pyridine rings is 1. The van der Waals surface area contributed by atoms with Crippen LogP contribution in [0.15, 0.2) is 164 Å². The Kier molecular flexibility index (Phi) is 7.54. The Bertz CT molecular complexity index is 2350. The maximum atomic E-state index is 6.44. The van der Waals surface area contributed by atoms with E-state index < -0.39 is 0 Å². The van der Waals surface area contributed by atoms with E-state index in [1.54, 1.807) is 0 Å². The number of benzene rings is 6. The summed E-state index contributed by atoms with van der Waals surface area (Å²) in [6.07, 6.45) is 1.83. The monoisotopic (exact) mass is 622 g/mol. The van der Waals surface area contributed by atoms with Gasteiger partial charge >= 0.3 is 0 Å². The van der Waals surface area contributed by atoms with Crippen LogP contribution in [0.25, 0.3) is 78.2 Å². The third kappa shape index (κ3) is 5.79. The van der Waals surface area contributed by atoms with Crippen LogP contribution in [0.2, 0.25) is 5.28 Å². The normalized spacial score (nSPS) is 11.1. The lowest BCUT2D eigenvalue weighted by atomic mass is 9.94. The van der Waals surface area contributed by atoms with Gasteiger partial charge in [-0.25, -0.2) is 4.98 Å². The number of fused-ring (bicyclic) bond motifs is 1. The summed E-state index contributed by atoms with van der Waals surface area (Å²) >= 11 is 6.44. The van der Waals surface area contributed by atoms with Crippen LogP contribution in [0.5, 0.6) is 0 Å². The second kappa shape index (κ2) is 12.4. The van der Waals surface area contributed by atoms with E-state index in [9.17, 15) is 0 Å². The first-order valence-corrected chi connectivity index (χ1v) is 15.8. The van der Waals surface area contributed by atoms with Crippen LogP contribution in [0, 0.1) is 0 Å². The Morgan fingerprint density at radius 3 is 1.70 bits per heavy atom. The molecule has 0 aliphatic rings. The largest absolute Gasteiger partial charge is 0.256 e. The van der Waals surface area contributed by atoms with Crippen molar-refractivity contribution < 1.29 is 0 Å². The summed E-state index contributed by atoms with van der Waals surface area (Å²) in [6.45, 7) is 0. The van der Waals surface area contributed by atoms with E-state index in [2.05, 4.69) is 130 Å². The number of halogens is 1. The smallest absolute Gasteiger partial charge is 0.226 e. The highest BCUT2D eigenvalue weighted by molar-refractivity contribution is 6.28. The molecule has 2 heterocycles. The van der Waals surface area contributed by atoms with Gasteiger partial charge in [-0.2, -0.15) is 9.97 Å². The zero-order valence-electron chi connectivity index (χ0n) is 25.3. The van der Waals surface area contributed by atoms with Crippen LogP contribution in [-0.4, -0.2) is 19.9 Å². The zero-order valence-corrected chi connectivity index (χ0v) is 26.0. The lowest BCUT2D eigenvalue weighted by Gasteiger charge is -2.11. The minimum Gasteiger partial charge on any atom is -0.256 e. The fraction of sp³-hybridized carbons (Fsp3) is 0. The van der Waals surface area contributed by atoms with Gasteiger partial charge in [0.25, 0.3) is 0 Å². The molecule has 0 spiro atoms. The maximum absolute atomic E-state index is 6.44. The summed E-state index contributed by atoms with van der Waals surface area (Å²) in [4.78, 5) is 18.3. The molecule has 8 aromatic rings. The molecule has 222 valence electrons. The molecule has 0 bridgehead atoms. The number of rotatable bonds is 6. The zero-order chi connectivity index (χ0) is 31.6. The Hall–Kier alpha value is -5.97. The van der Waals surface area contributed by atoms with Crippen molar-refractivity contribution in [2.45, 2.75) is 0 Å². The van der Waals surface area contributed by atoms with E-state index in [0.29, 0.717) is 11.6 Å². The lowest BCUT2D eigenvalue weighted by Crippen LogP contribution is -1.97. The van der Waals surface area contributed by atoms with Gasteiger partial charge in [-0.15, -0.1) is 0 Å². The molecule has 0 amide bonds. The fourth-order valence-corrected chi connectivity index (χ4v) is 6.20. The Balaban J connectivity index is 1.07. The lowest BCUT2D eigenvalue weighted by molar-refractivity contribution is 1.07. The van der Waals surface area contributed by atoms with Crippen LogP contribution in [0.4, 0.5) is 0 Å². The van der Waals surface area contributed by atoms with Crippen molar-refractivity contribution in [3.8, 4) is 67.4 Å². The second-order valence-electron chi connectivity index (χ2n) is 11.3. The van der Waals surface area contributed by atoms with Gasteiger partial charge in [-0.3, -0.25) is 4.98 Å². The van der Waals surface area contributed by atoms with Crippen molar-refractivity contribution in [3.63, 3.8) is 0 Å². The highest BCUT2D eigenvalue weighted by atomic mass is 35.5. The van der Waals surface area contributed by atoms with Gasteiger partial charge in [0, 0.05) is 22.9 Å². The van der Waals surface area contributed by atoms with Crippen molar-refractivity contribution in [3.05, 3.63) is 169 Å². The van der Waals surface area contributed by atoms with Gasteiger partial charge < -0.3 is 0 Å².